The normalized spacial score (nSPS) is 10.6. The van der Waals surface area contributed by atoms with Crippen molar-refractivity contribution >= 4 is 52.2 Å². The van der Waals surface area contributed by atoms with Crippen molar-refractivity contribution in [2.24, 2.45) is 0 Å². The van der Waals surface area contributed by atoms with Crippen LogP contribution in [0.5, 0.6) is 0 Å². The Morgan fingerprint density at radius 1 is 0.882 bits per heavy atom. The van der Waals surface area contributed by atoms with E-state index in [-0.39, 0.29) is 5.82 Å². The van der Waals surface area contributed by atoms with Crippen LogP contribution in [0.2, 0.25) is 20.1 Å². The molecule has 0 unspecified atom stereocenters. The highest BCUT2D eigenvalue weighted by molar-refractivity contribution is 6.39. The number of benzene rings is 1. The van der Waals surface area contributed by atoms with Gasteiger partial charge in [0.05, 0.1) is 20.8 Å². The van der Waals surface area contributed by atoms with Crippen LogP contribution >= 0.6 is 46.4 Å². The first kappa shape index (κ1) is 12.8. The van der Waals surface area contributed by atoms with Crippen molar-refractivity contribution in [3.8, 4) is 11.3 Å². The van der Waals surface area contributed by atoms with Gasteiger partial charge in [-0.2, -0.15) is 0 Å². The minimum absolute atomic E-state index is 0.206. The summed E-state index contributed by atoms with van der Waals surface area (Å²) in [6.07, 6.45) is 0. The van der Waals surface area contributed by atoms with Crippen molar-refractivity contribution in [3.63, 3.8) is 0 Å². The number of hydrogen-bond donors (Lipinski definition) is 1. The van der Waals surface area contributed by atoms with Gasteiger partial charge >= 0.3 is 0 Å². The van der Waals surface area contributed by atoms with Gasteiger partial charge in [-0.25, -0.2) is 4.98 Å². The molecule has 1 aromatic carbocycles. The predicted octanol–water partition coefficient (Wildman–Crippen LogP) is 4.94. The molecule has 88 valence electrons. The van der Waals surface area contributed by atoms with Crippen LogP contribution in [0.15, 0.2) is 24.3 Å². The molecule has 6 heteroatoms. The molecule has 0 bridgehead atoms. The monoisotopic (exact) mass is 306 g/mol. The highest BCUT2D eigenvalue weighted by atomic mass is 35.5. The third-order valence-corrected chi connectivity index (χ3v) is 3.28. The van der Waals surface area contributed by atoms with Gasteiger partial charge in [0.15, 0.2) is 0 Å². The molecule has 0 aliphatic carbocycles. The molecule has 17 heavy (non-hydrogen) atoms. The van der Waals surface area contributed by atoms with Gasteiger partial charge in [0, 0.05) is 10.6 Å². The Kier molecular flexibility index (Phi) is 3.69. The molecule has 1 heterocycles. The molecule has 2 aromatic rings. The van der Waals surface area contributed by atoms with E-state index in [4.69, 9.17) is 52.1 Å². The summed E-state index contributed by atoms with van der Waals surface area (Å²) in [4.78, 5) is 4.12. The van der Waals surface area contributed by atoms with Crippen LogP contribution in [0.1, 0.15) is 0 Å². The van der Waals surface area contributed by atoms with Crippen LogP contribution < -0.4 is 5.73 Å². The number of nitrogens with two attached hydrogens (primary N) is 1. The van der Waals surface area contributed by atoms with E-state index in [2.05, 4.69) is 4.98 Å². The Morgan fingerprint density at radius 3 is 2.24 bits per heavy atom. The van der Waals surface area contributed by atoms with Crippen molar-refractivity contribution in [2.75, 3.05) is 5.73 Å². The fraction of sp³-hybridized carbons (Fsp3) is 0. The fourth-order valence-electron chi connectivity index (χ4n) is 1.35. The summed E-state index contributed by atoms with van der Waals surface area (Å²) >= 11 is 23.8. The summed E-state index contributed by atoms with van der Waals surface area (Å²) in [5.74, 6) is 0.206. The zero-order chi connectivity index (χ0) is 12.6. The molecular formula is C11H6Cl4N2. The SMILES string of the molecule is Nc1nc(-c2ccc(Cl)cc2Cl)c(Cl)cc1Cl. The lowest BCUT2D eigenvalue weighted by Crippen LogP contribution is -1.95. The van der Waals surface area contributed by atoms with Gasteiger partial charge in [-0.05, 0) is 24.3 Å². The molecule has 0 aliphatic rings. The molecule has 0 radical (unpaired) electrons. The quantitative estimate of drug-likeness (QED) is 0.810. The van der Waals surface area contributed by atoms with Gasteiger partial charge in [-0.1, -0.05) is 46.4 Å². The number of pyridine rings is 1. The standard InChI is InChI=1S/C11H6Cl4N2/c12-5-1-2-6(7(13)3-5)10-8(14)4-9(15)11(16)17-10/h1-4H,(H2,16,17). The zero-order valence-corrected chi connectivity index (χ0v) is 11.4. The van der Waals surface area contributed by atoms with Gasteiger partial charge in [0.1, 0.15) is 5.82 Å². The molecule has 0 atom stereocenters. The van der Waals surface area contributed by atoms with E-state index in [1.54, 1.807) is 18.2 Å². The summed E-state index contributed by atoms with van der Waals surface area (Å²) in [7, 11) is 0. The fourth-order valence-corrected chi connectivity index (χ4v) is 2.31. The topological polar surface area (TPSA) is 38.9 Å². The maximum Gasteiger partial charge on any atom is 0.143 e. The average Bonchev–Trinajstić information content (AvgIpc) is 2.24. The summed E-state index contributed by atoms with van der Waals surface area (Å²) in [5, 5.41) is 1.68. The lowest BCUT2D eigenvalue weighted by atomic mass is 10.1. The molecule has 0 aliphatic heterocycles. The molecule has 0 fully saturated rings. The Balaban J connectivity index is 2.64. The second-order valence-electron chi connectivity index (χ2n) is 3.31. The van der Waals surface area contributed by atoms with Crippen LogP contribution in [0.25, 0.3) is 11.3 Å². The first-order valence-corrected chi connectivity index (χ1v) is 6.07. The van der Waals surface area contributed by atoms with Gasteiger partial charge in [-0.15, -0.1) is 0 Å². The van der Waals surface area contributed by atoms with E-state index in [0.29, 0.717) is 31.3 Å². The van der Waals surface area contributed by atoms with E-state index >= 15 is 0 Å². The number of nitrogen functional groups attached to an aromatic ring is 1. The molecule has 2 N–H and O–H groups in total. The molecule has 0 spiro atoms. The smallest absolute Gasteiger partial charge is 0.143 e. The van der Waals surface area contributed by atoms with Gasteiger partial charge in [-0.3, -0.25) is 0 Å². The van der Waals surface area contributed by atoms with Crippen molar-refractivity contribution < 1.29 is 0 Å². The van der Waals surface area contributed by atoms with Crippen LogP contribution in [-0.2, 0) is 0 Å². The third kappa shape index (κ3) is 2.61. The minimum atomic E-state index is 0.206. The number of anilines is 1. The van der Waals surface area contributed by atoms with E-state index in [0.717, 1.165) is 0 Å². The summed E-state index contributed by atoms with van der Waals surface area (Å²) in [6, 6.07) is 6.57. The van der Waals surface area contributed by atoms with Crippen LogP contribution in [0.4, 0.5) is 5.82 Å². The third-order valence-electron chi connectivity index (χ3n) is 2.14. The Morgan fingerprint density at radius 2 is 1.59 bits per heavy atom. The van der Waals surface area contributed by atoms with Crippen molar-refractivity contribution in [3.05, 3.63) is 44.4 Å². The molecule has 2 rings (SSSR count). The highest BCUT2D eigenvalue weighted by Gasteiger charge is 2.12. The number of halogens is 4. The van der Waals surface area contributed by atoms with Gasteiger partial charge < -0.3 is 5.73 Å². The minimum Gasteiger partial charge on any atom is -0.382 e. The van der Waals surface area contributed by atoms with Crippen molar-refractivity contribution in [1.82, 2.24) is 4.98 Å². The van der Waals surface area contributed by atoms with Crippen LogP contribution in [-0.4, -0.2) is 4.98 Å². The Hall–Kier alpha value is -0.670. The molecule has 0 saturated carbocycles. The van der Waals surface area contributed by atoms with E-state index in [9.17, 15) is 0 Å². The second-order valence-corrected chi connectivity index (χ2v) is 4.97. The molecule has 0 saturated heterocycles. The van der Waals surface area contributed by atoms with E-state index in [1.807, 2.05) is 0 Å². The molecule has 2 nitrogen and oxygen atoms in total. The van der Waals surface area contributed by atoms with E-state index in [1.165, 1.54) is 6.07 Å². The summed E-state index contributed by atoms with van der Waals surface area (Å²) in [5.41, 5.74) is 6.77. The number of hydrogen-bond acceptors (Lipinski definition) is 2. The van der Waals surface area contributed by atoms with Gasteiger partial charge in [0.2, 0.25) is 0 Å². The molecular weight excluding hydrogens is 302 g/mol. The first-order valence-electron chi connectivity index (χ1n) is 4.56. The van der Waals surface area contributed by atoms with E-state index < -0.39 is 0 Å². The zero-order valence-electron chi connectivity index (χ0n) is 8.35. The molecule has 1 aromatic heterocycles. The van der Waals surface area contributed by atoms with Crippen molar-refractivity contribution in [2.45, 2.75) is 0 Å². The van der Waals surface area contributed by atoms with Crippen LogP contribution in [0, 0.1) is 0 Å². The van der Waals surface area contributed by atoms with Crippen molar-refractivity contribution in [1.29, 1.82) is 0 Å². The maximum atomic E-state index is 6.07. The van der Waals surface area contributed by atoms with Gasteiger partial charge in [0.25, 0.3) is 0 Å². The highest BCUT2D eigenvalue weighted by Crippen LogP contribution is 2.35. The lowest BCUT2D eigenvalue weighted by molar-refractivity contribution is 1.33. The summed E-state index contributed by atoms with van der Waals surface area (Å²) in [6.45, 7) is 0. The summed E-state index contributed by atoms with van der Waals surface area (Å²) < 4.78 is 0. The number of aromatic nitrogens is 1. The maximum absolute atomic E-state index is 6.07. The predicted molar refractivity (Wildman–Crippen MR) is 74.1 cm³/mol. The number of nitrogens with zero attached hydrogens (tertiary/aromatic N) is 1. The number of rotatable bonds is 1. The first-order chi connectivity index (χ1) is 7.99. The Labute approximate surface area is 118 Å². The second kappa shape index (κ2) is 4.91. The molecule has 0 amide bonds. The van der Waals surface area contributed by atoms with Crippen LogP contribution in [0.3, 0.4) is 0 Å². The lowest BCUT2D eigenvalue weighted by Gasteiger charge is -2.08. The largest absolute Gasteiger partial charge is 0.382 e. The Bertz CT molecular complexity index is 584. The average molecular weight is 308 g/mol.